The SMILES string of the molecule is CC(C)c1ccc2nc(-c3ccc(Nc4nc(Cl)nc(Nc5cccc(S(=O)(=O)O)c5)n4)cc3)sc2c1. The average molecular weight is 553 g/mol. The lowest BCUT2D eigenvalue weighted by Crippen LogP contribution is -2.05. The highest BCUT2D eigenvalue weighted by atomic mass is 35.5. The summed E-state index contributed by atoms with van der Waals surface area (Å²) in [7, 11) is -4.35. The third-order valence-electron chi connectivity index (χ3n) is 5.46. The van der Waals surface area contributed by atoms with E-state index >= 15 is 0 Å². The quantitative estimate of drug-likeness (QED) is 0.190. The van der Waals surface area contributed by atoms with Crippen molar-refractivity contribution in [3.63, 3.8) is 0 Å². The summed E-state index contributed by atoms with van der Waals surface area (Å²) < 4.78 is 33.2. The molecule has 0 aliphatic heterocycles. The van der Waals surface area contributed by atoms with Crippen LogP contribution in [0.5, 0.6) is 0 Å². The number of nitrogens with zero attached hydrogens (tertiary/aromatic N) is 4. The van der Waals surface area contributed by atoms with Crippen molar-refractivity contribution < 1.29 is 13.0 Å². The van der Waals surface area contributed by atoms with Gasteiger partial charge in [0, 0.05) is 16.9 Å². The van der Waals surface area contributed by atoms with Crippen LogP contribution in [0, 0.1) is 0 Å². The first-order valence-electron chi connectivity index (χ1n) is 11.2. The monoisotopic (exact) mass is 552 g/mol. The Labute approximate surface area is 222 Å². The molecule has 188 valence electrons. The van der Waals surface area contributed by atoms with Gasteiger partial charge in [0.2, 0.25) is 17.2 Å². The Kier molecular flexibility index (Phi) is 6.78. The fourth-order valence-corrected chi connectivity index (χ4v) is 5.28. The van der Waals surface area contributed by atoms with Crippen LogP contribution >= 0.6 is 22.9 Å². The van der Waals surface area contributed by atoms with Crippen molar-refractivity contribution in [2.75, 3.05) is 10.6 Å². The molecule has 0 aliphatic rings. The summed E-state index contributed by atoms with van der Waals surface area (Å²) in [4.78, 5) is 16.9. The molecule has 0 saturated heterocycles. The van der Waals surface area contributed by atoms with E-state index in [0.29, 0.717) is 11.6 Å². The largest absolute Gasteiger partial charge is 0.324 e. The van der Waals surface area contributed by atoms with E-state index in [1.807, 2.05) is 24.3 Å². The molecule has 0 unspecified atom stereocenters. The van der Waals surface area contributed by atoms with Crippen molar-refractivity contribution in [3.05, 3.63) is 77.6 Å². The van der Waals surface area contributed by atoms with Crippen molar-refractivity contribution in [1.29, 1.82) is 0 Å². The van der Waals surface area contributed by atoms with Crippen LogP contribution in [0.15, 0.2) is 71.6 Å². The Morgan fingerprint density at radius 1 is 0.865 bits per heavy atom. The molecule has 5 rings (SSSR count). The van der Waals surface area contributed by atoms with Gasteiger partial charge >= 0.3 is 0 Å². The number of nitrogens with one attached hydrogen (secondary N) is 2. The predicted octanol–water partition coefficient (Wildman–Crippen LogP) is 6.66. The van der Waals surface area contributed by atoms with Crippen molar-refractivity contribution in [2.45, 2.75) is 24.7 Å². The zero-order valence-electron chi connectivity index (χ0n) is 19.7. The summed E-state index contributed by atoms with van der Waals surface area (Å²) in [5.41, 5.74) is 4.34. The van der Waals surface area contributed by atoms with Gasteiger partial charge in [-0.3, -0.25) is 4.55 Å². The molecule has 12 heteroatoms. The molecule has 0 radical (unpaired) electrons. The number of hydrogen-bond acceptors (Lipinski definition) is 9. The molecule has 5 aromatic rings. The van der Waals surface area contributed by atoms with Gasteiger partial charge < -0.3 is 10.6 Å². The highest BCUT2D eigenvalue weighted by Gasteiger charge is 2.12. The predicted molar refractivity (Wildman–Crippen MR) is 147 cm³/mol. The van der Waals surface area contributed by atoms with E-state index in [9.17, 15) is 13.0 Å². The van der Waals surface area contributed by atoms with Crippen LogP contribution in [-0.4, -0.2) is 32.9 Å². The highest BCUT2D eigenvalue weighted by molar-refractivity contribution is 7.85. The zero-order valence-corrected chi connectivity index (χ0v) is 22.1. The molecule has 2 aromatic heterocycles. The number of benzene rings is 3. The van der Waals surface area contributed by atoms with Crippen LogP contribution in [0.25, 0.3) is 20.8 Å². The summed E-state index contributed by atoms with van der Waals surface area (Å²) in [6, 6.07) is 19.7. The molecule has 0 atom stereocenters. The van der Waals surface area contributed by atoms with Crippen LogP contribution in [-0.2, 0) is 10.1 Å². The Morgan fingerprint density at radius 2 is 1.57 bits per heavy atom. The molecule has 0 spiro atoms. The third-order valence-corrected chi connectivity index (χ3v) is 7.55. The summed E-state index contributed by atoms with van der Waals surface area (Å²) >= 11 is 7.73. The molecule has 0 aliphatic carbocycles. The number of rotatable bonds is 7. The summed E-state index contributed by atoms with van der Waals surface area (Å²) in [5.74, 6) is 0.756. The van der Waals surface area contributed by atoms with Crippen molar-refractivity contribution in [3.8, 4) is 10.6 Å². The van der Waals surface area contributed by atoms with Crippen LogP contribution < -0.4 is 10.6 Å². The standard InChI is InChI=1S/C25H21ClN6O3S2/c1-14(2)16-8-11-20-21(12-16)36-22(29-20)15-6-9-17(10-7-15)27-24-30-23(26)31-25(32-24)28-18-4-3-5-19(13-18)37(33,34)35/h3-14H,1-2H3,(H,33,34,35)(H2,27,28,30,31,32). The van der Waals surface area contributed by atoms with Gasteiger partial charge in [-0.25, -0.2) is 4.98 Å². The third kappa shape index (κ3) is 5.86. The molecule has 2 heterocycles. The highest BCUT2D eigenvalue weighted by Crippen LogP contribution is 2.33. The number of thiazole rings is 1. The van der Waals surface area contributed by atoms with E-state index in [0.717, 1.165) is 26.5 Å². The van der Waals surface area contributed by atoms with Gasteiger partial charge in [-0.05, 0) is 77.7 Å². The lowest BCUT2D eigenvalue weighted by molar-refractivity contribution is 0.483. The van der Waals surface area contributed by atoms with Gasteiger partial charge in [-0.1, -0.05) is 26.0 Å². The molecule has 37 heavy (non-hydrogen) atoms. The lowest BCUT2D eigenvalue weighted by Gasteiger charge is -2.09. The second-order valence-corrected chi connectivity index (χ2v) is 11.3. The Balaban J connectivity index is 1.34. The van der Waals surface area contributed by atoms with Crippen molar-refractivity contribution in [1.82, 2.24) is 19.9 Å². The molecule has 0 fully saturated rings. The first kappa shape index (κ1) is 25.0. The Bertz CT molecular complexity index is 1710. The zero-order chi connectivity index (χ0) is 26.2. The van der Waals surface area contributed by atoms with E-state index in [1.54, 1.807) is 17.4 Å². The maximum absolute atomic E-state index is 11.4. The number of hydrogen-bond donors (Lipinski definition) is 3. The van der Waals surface area contributed by atoms with Crippen molar-refractivity contribution in [2.24, 2.45) is 0 Å². The average Bonchev–Trinajstić information content (AvgIpc) is 3.27. The topological polar surface area (TPSA) is 130 Å². The second kappa shape index (κ2) is 10.0. The molecule has 3 N–H and O–H groups in total. The molecule has 3 aromatic carbocycles. The van der Waals surface area contributed by atoms with E-state index in [-0.39, 0.29) is 22.1 Å². The van der Waals surface area contributed by atoms with Gasteiger partial charge in [-0.2, -0.15) is 23.4 Å². The number of halogens is 1. The van der Waals surface area contributed by atoms with Gasteiger partial charge in [0.05, 0.1) is 15.1 Å². The van der Waals surface area contributed by atoms with E-state index in [2.05, 4.69) is 57.6 Å². The number of anilines is 4. The summed E-state index contributed by atoms with van der Waals surface area (Å²) in [5, 5.41) is 6.84. The van der Waals surface area contributed by atoms with Gasteiger partial charge in [0.1, 0.15) is 5.01 Å². The Morgan fingerprint density at radius 3 is 2.24 bits per heavy atom. The normalized spacial score (nSPS) is 11.7. The molecular formula is C25H21ClN6O3S2. The fourth-order valence-electron chi connectivity index (χ4n) is 3.57. The maximum Gasteiger partial charge on any atom is 0.294 e. The maximum atomic E-state index is 11.4. The van der Waals surface area contributed by atoms with Gasteiger partial charge in [0.25, 0.3) is 10.1 Å². The summed E-state index contributed by atoms with van der Waals surface area (Å²) in [6.45, 7) is 4.35. The Hall–Kier alpha value is -3.64. The van der Waals surface area contributed by atoms with E-state index in [1.165, 1.54) is 23.8 Å². The molecule has 9 nitrogen and oxygen atoms in total. The van der Waals surface area contributed by atoms with Crippen LogP contribution in [0.2, 0.25) is 5.28 Å². The van der Waals surface area contributed by atoms with Crippen LogP contribution in [0.3, 0.4) is 0 Å². The molecule has 0 bridgehead atoms. The smallest absolute Gasteiger partial charge is 0.294 e. The first-order chi connectivity index (χ1) is 17.6. The molecular weight excluding hydrogens is 532 g/mol. The van der Waals surface area contributed by atoms with Crippen LogP contribution in [0.4, 0.5) is 23.3 Å². The minimum Gasteiger partial charge on any atom is -0.324 e. The van der Waals surface area contributed by atoms with Gasteiger partial charge in [0.15, 0.2) is 0 Å². The fraction of sp³-hybridized carbons (Fsp3) is 0.120. The summed E-state index contributed by atoms with van der Waals surface area (Å²) in [6.07, 6.45) is 0. The minimum atomic E-state index is -4.35. The number of fused-ring (bicyclic) bond motifs is 1. The van der Waals surface area contributed by atoms with Gasteiger partial charge in [-0.15, -0.1) is 11.3 Å². The van der Waals surface area contributed by atoms with Crippen LogP contribution in [0.1, 0.15) is 25.3 Å². The van der Waals surface area contributed by atoms with Crippen molar-refractivity contribution >= 4 is 66.5 Å². The number of aromatic nitrogens is 4. The van der Waals surface area contributed by atoms with E-state index < -0.39 is 10.1 Å². The van der Waals surface area contributed by atoms with E-state index in [4.69, 9.17) is 16.6 Å². The molecule has 0 saturated carbocycles. The lowest BCUT2D eigenvalue weighted by atomic mass is 10.0. The first-order valence-corrected chi connectivity index (χ1v) is 13.8. The molecule has 0 amide bonds. The minimum absolute atomic E-state index is 0.0576. The second-order valence-electron chi connectivity index (χ2n) is 8.48.